The van der Waals surface area contributed by atoms with E-state index < -0.39 is 5.97 Å². The molecular weight excluding hydrogens is 268 g/mol. The molecule has 1 N–H and O–H groups in total. The summed E-state index contributed by atoms with van der Waals surface area (Å²) in [6.07, 6.45) is 1.18. The Kier molecular flexibility index (Phi) is 4.56. The van der Waals surface area contributed by atoms with Crippen molar-refractivity contribution in [2.75, 3.05) is 19.1 Å². The SMILES string of the molecule is COC=C(C(=O)O)N(C)c1cccc(-c2ccccc2)n1. The van der Waals surface area contributed by atoms with Crippen molar-refractivity contribution in [2.24, 2.45) is 0 Å². The maximum Gasteiger partial charge on any atom is 0.355 e. The lowest BCUT2D eigenvalue weighted by Crippen LogP contribution is -2.24. The third-order valence-corrected chi connectivity index (χ3v) is 2.96. The standard InChI is InChI=1S/C16H16N2O3/c1-18(14(11-21-2)16(19)20)15-10-6-9-13(17-15)12-7-4-3-5-8-12/h3-11H,1-2H3,(H,19,20). The summed E-state index contributed by atoms with van der Waals surface area (Å²) < 4.78 is 4.81. The van der Waals surface area contributed by atoms with Gasteiger partial charge in [0, 0.05) is 12.6 Å². The molecule has 0 spiro atoms. The molecule has 21 heavy (non-hydrogen) atoms. The second-order valence-corrected chi connectivity index (χ2v) is 4.35. The third kappa shape index (κ3) is 3.39. The smallest absolute Gasteiger partial charge is 0.355 e. The van der Waals surface area contributed by atoms with Crippen LogP contribution >= 0.6 is 0 Å². The van der Waals surface area contributed by atoms with E-state index in [9.17, 15) is 9.90 Å². The molecule has 0 amide bonds. The van der Waals surface area contributed by atoms with Crippen LogP contribution in [0.4, 0.5) is 5.82 Å². The number of benzene rings is 1. The Morgan fingerprint density at radius 2 is 1.90 bits per heavy atom. The molecule has 108 valence electrons. The first-order valence-corrected chi connectivity index (χ1v) is 6.36. The molecule has 0 aliphatic rings. The quantitative estimate of drug-likeness (QED) is 0.675. The number of ether oxygens (including phenoxy) is 1. The van der Waals surface area contributed by atoms with E-state index in [0.29, 0.717) is 5.82 Å². The number of hydrogen-bond acceptors (Lipinski definition) is 4. The zero-order valence-electron chi connectivity index (χ0n) is 11.9. The molecule has 0 aliphatic heterocycles. The van der Waals surface area contributed by atoms with Crippen LogP contribution in [0.2, 0.25) is 0 Å². The molecule has 0 saturated carbocycles. The molecule has 5 nitrogen and oxygen atoms in total. The average Bonchev–Trinajstić information content (AvgIpc) is 2.52. The molecule has 0 atom stereocenters. The van der Waals surface area contributed by atoms with Gasteiger partial charge >= 0.3 is 5.97 Å². The van der Waals surface area contributed by atoms with Gasteiger partial charge in [-0.1, -0.05) is 36.4 Å². The summed E-state index contributed by atoms with van der Waals surface area (Å²) >= 11 is 0. The molecule has 0 bridgehead atoms. The minimum absolute atomic E-state index is 0.00946. The maximum atomic E-state index is 11.2. The van der Waals surface area contributed by atoms with E-state index in [1.807, 2.05) is 42.5 Å². The van der Waals surface area contributed by atoms with Crippen LogP contribution in [-0.4, -0.2) is 30.2 Å². The number of anilines is 1. The number of carboxylic acids is 1. The molecule has 0 saturated heterocycles. The third-order valence-electron chi connectivity index (χ3n) is 2.96. The Labute approximate surface area is 123 Å². The average molecular weight is 284 g/mol. The minimum Gasteiger partial charge on any atom is -0.502 e. The lowest BCUT2D eigenvalue weighted by Gasteiger charge is -2.18. The molecular formula is C16H16N2O3. The van der Waals surface area contributed by atoms with Gasteiger partial charge in [-0.3, -0.25) is 0 Å². The normalized spacial score (nSPS) is 11.0. The number of hydrogen-bond donors (Lipinski definition) is 1. The number of pyridine rings is 1. The maximum absolute atomic E-state index is 11.2. The molecule has 1 aromatic heterocycles. The highest BCUT2D eigenvalue weighted by atomic mass is 16.5. The molecule has 0 radical (unpaired) electrons. The number of likely N-dealkylation sites (N-methyl/N-ethyl adjacent to an activating group) is 1. The summed E-state index contributed by atoms with van der Waals surface area (Å²) in [6.45, 7) is 0. The molecule has 0 aliphatic carbocycles. The summed E-state index contributed by atoms with van der Waals surface area (Å²) in [5, 5.41) is 9.20. The van der Waals surface area contributed by atoms with Crippen LogP contribution in [0.15, 0.2) is 60.5 Å². The van der Waals surface area contributed by atoms with Gasteiger partial charge in [-0.2, -0.15) is 0 Å². The minimum atomic E-state index is -1.08. The van der Waals surface area contributed by atoms with Crippen LogP contribution in [0.25, 0.3) is 11.3 Å². The van der Waals surface area contributed by atoms with E-state index in [1.54, 1.807) is 13.1 Å². The molecule has 2 rings (SSSR count). The topological polar surface area (TPSA) is 62.7 Å². The Morgan fingerprint density at radius 1 is 1.19 bits per heavy atom. The summed E-state index contributed by atoms with van der Waals surface area (Å²) in [5.41, 5.74) is 1.76. The number of methoxy groups -OCH3 is 1. The van der Waals surface area contributed by atoms with E-state index in [4.69, 9.17) is 4.74 Å². The van der Waals surface area contributed by atoms with Crippen molar-refractivity contribution in [3.05, 3.63) is 60.5 Å². The lowest BCUT2D eigenvalue weighted by atomic mass is 10.1. The molecule has 2 aromatic rings. The molecule has 1 heterocycles. The predicted octanol–water partition coefficient (Wildman–Crippen LogP) is 2.76. The van der Waals surface area contributed by atoms with Gasteiger partial charge in [0.15, 0.2) is 5.70 Å². The van der Waals surface area contributed by atoms with Gasteiger partial charge in [-0.15, -0.1) is 0 Å². The highest BCUT2D eigenvalue weighted by Crippen LogP contribution is 2.21. The van der Waals surface area contributed by atoms with Crippen molar-refractivity contribution >= 4 is 11.8 Å². The first-order valence-electron chi connectivity index (χ1n) is 6.36. The Bertz CT molecular complexity index is 654. The summed E-state index contributed by atoms with van der Waals surface area (Å²) in [6, 6.07) is 15.2. The number of aromatic nitrogens is 1. The Morgan fingerprint density at radius 3 is 2.52 bits per heavy atom. The number of carboxylic acid groups (broad SMARTS) is 1. The van der Waals surface area contributed by atoms with Crippen molar-refractivity contribution < 1.29 is 14.6 Å². The van der Waals surface area contributed by atoms with Crippen LogP contribution < -0.4 is 4.90 Å². The first-order chi connectivity index (χ1) is 10.1. The number of nitrogens with zero attached hydrogens (tertiary/aromatic N) is 2. The van der Waals surface area contributed by atoms with E-state index in [1.165, 1.54) is 18.3 Å². The summed E-state index contributed by atoms with van der Waals surface area (Å²) in [4.78, 5) is 17.2. The van der Waals surface area contributed by atoms with Crippen LogP contribution in [-0.2, 0) is 9.53 Å². The van der Waals surface area contributed by atoms with Gasteiger partial charge in [0.2, 0.25) is 0 Å². The fourth-order valence-corrected chi connectivity index (χ4v) is 1.89. The monoisotopic (exact) mass is 284 g/mol. The van der Waals surface area contributed by atoms with E-state index >= 15 is 0 Å². The molecule has 1 aromatic carbocycles. The van der Waals surface area contributed by atoms with E-state index in [-0.39, 0.29) is 5.70 Å². The van der Waals surface area contributed by atoms with Crippen molar-refractivity contribution in [3.63, 3.8) is 0 Å². The molecule has 0 fully saturated rings. The van der Waals surface area contributed by atoms with Gasteiger partial charge in [0.05, 0.1) is 12.8 Å². The van der Waals surface area contributed by atoms with E-state index in [2.05, 4.69) is 4.98 Å². The van der Waals surface area contributed by atoms with E-state index in [0.717, 1.165) is 11.3 Å². The number of carbonyl (C=O) groups is 1. The number of rotatable bonds is 5. The van der Waals surface area contributed by atoms with Crippen LogP contribution in [0.1, 0.15) is 0 Å². The second kappa shape index (κ2) is 6.56. The van der Waals surface area contributed by atoms with Crippen LogP contribution in [0, 0.1) is 0 Å². The molecule has 0 unspecified atom stereocenters. The first kappa shape index (κ1) is 14.6. The largest absolute Gasteiger partial charge is 0.502 e. The fourth-order valence-electron chi connectivity index (χ4n) is 1.89. The lowest BCUT2D eigenvalue weighted by molar-refractivity contribution is -0.132. The van der Waals surface area contributed by atoms with Gasteiger partial charge in [-0.25, -0.2) is 9.78 Å². The van der Waals surface area contributed by atoms with Crippen molar-refractivity contribution in [1.29, 1.82) is 0 Å². The predicted molar refractivity (Wildman–Crippen MR) is 80.8 cm³/mol. The zero-order chi connectivity index (χ0) is 15.2. The highest BCUT2D eigenvalue weighted by Gasteiger charge is 2.16. The van der Waals surface area contributed by atoms with Gasteiger partial charge < -0.3 is 14.7 Å². The fraction of sp³-hybridized carbons (Fsp3) is 0.125. The number of aliphatic carboxylic acids is 1. The summed E-state index contributed by atoms with van der Waals surface area (Å²) in [7, 11) is 3.04. The van der Waals surface area contributed by atoms with Gasteiger partial charge in [0.25, 0.3) is 0 Å². The van der Waals surface area contributed by atoms with Crippen molar-refractivity contribution in [1.82, 2.24) is 4.98 Å². The van der Waals surface area contributed by atoms with Crippen LogP contribution in [0.3, 0.4) is 0 Å². The van der Waals surface area contributed by atoms with Crippen LogP contribution in [0.5, 0.6) is 0 Å². The molecule has 5 heteroatoms. The van der Waals surface area contributed by atoms with Crippen molar-refractivity contribution in [2.45, 2.75) is 0 Å². The Hall–Kier alpha value is -2.82. The van der Waals surface area contributed by atoms with Gasteiger partial charge in [0.1, 0.15) is 12.1 Å². The Balaban J connectivity index is 2.37. The van der Waals surface area contributed by atoms with Crippen molar-refractivity contribution in [3.8, 4) is 11.3 Å². The summed E-state index contributed by atoms with van der Waals surface area (Å²) in [5.74, 6) is -0.548. The zero-order valence-corrected chi connectivity index (χ0v) is 11.9. The van der Waals surface area contributed by atoms with Gasteiger partial charge in [-0.05, 0) is 12.1 Å². The second-order valence-electron chi connectivity index (χ2n) is 4.35. The highest BCUT2D eigenvalue weighted by molar-refractivity contribution is 5.90.